The van der Waals surface area contributed by atoms with Crippen molar-refractivity contribution in [2.75, 3.05) is 20.3 Å². The van der Waals surface area contributed by atoms with E-state index in [1.165, 1.54) is 7.11 Å². The molecule has 6 heteroatoms. The number of rotatable bonds is 5. The molecular formula is C17H22O6. The van der Waals surface area contributed by atoms with Crippen LogP contribution in [0.5, 0.6) is 0 Å². The van der Waals surface area contributed by atoms with Crippen LogP contribution in [0.25, 0.3) is 0 Å². The summed E-state index contributed by atoms with van der Waals surface area (Å²) in [6.07, 6.45) is -1.99. The Morgan fingerprint density at radius 3 is 2.78 bits per heavy atom. The minimum absolute atomic E-state index is 0.307. The van der Waals surface area contributed by atoms with Gasteiger partial charge in [-0.05, 0) is 0 Å². The number of hydrogen-bond donors (Lipinski definition) is 1. The first-order chi connectivity index (χ1) is 11.2. The van der Waals surface area contributed by atoms with Crippen LogP contribution in [0.1, 0.15) is 11.9 Å². The Balaban J connectivity index is 1.77. The van der Waals surface area contributed by atoms with Gasteiger partial charge in [-0.1, -0.05) is 36.4 Å². The van der Waals surface area contributed by atoms with Crippen LogP contribution in [0.4, 0.5) is 0 Å². The topological polar surface area (TPSA) is 66.4 Å². The van der Waals surface area contributed by atoms with E-state index in [2.05, 4.69) is 6.58 Å². The summed E-state index contributed by atoms with van der Waals surface area (Å²) in [7, 11) is 1.48. The van der Waals surface area contributed by atoms with Gasteiger partial charge in [-0.3, -0.25) is 0 Å². The molecule has 2 aliphatic heterocycles. The van der Waals surface area contributed by atoms with Crippen LogP contribution in [-0.2, 0) is 23.7 Å². The Morgan fingerprint density at radius 1 is 1.30 bits per heavy atom. The number of methoxy groups -OCH3 is 1. The van der Waals surface area contributed by atoms with Crippen molar-refractivity contribution >= 4 is 0 Å². The second kappa shape index (κ2) is 7.53. The van der Waals surface area contributed by atoms with Crippen LogP contribution < -0.4 is 0 Å². The van der Waals surface area contributed by atoms with Gasteiger partial charge >= 0.3 is 0 Å². The van der Waals surface area contributed by atoms with Gasteiger partial charge in [-0.25, -0.2) is 0 Å². The first-order valence-electron chi connectivity index (χ1n) is 7.65. The summed E-state index contributed by atoms with van der Waals surface area (Å²) >= 11 is 0. The van der Waals surface area contributed by atoms with Crippen LogP contribution in [0.2, 0.25) is 0 Å². The first kappa shape index (κ1) is 16.6. The Kier molecular flexibility index (Phi) is 5.42. The van der Waals surface area contributed by atoms with Crippen LogP contribution in [0, 0.1) is 0 Å². The normalized spacial score (nSPS) is 37.1. The van der Waals surface area contributed by atoms with Gasteiger partial charge < -0.3 is 28.8 Å². The average Bonchev–Trinajstić information content (AvgIpc) is 2.61. The van der Waals surface area contributed by atoms with Crippen molar-refractivity contribution in [2.45, 2.75) is 37.0 Å². The van der Waals surface area contributed by atoms with Gasteiger partial charge in [-0.15, -0.1) is 6.58 Å². The van der Waals surface area contributed by atoms with E-state index in [4.69, 9.17) is 23.7 Å². The molecule has 0 amide bonds. The molecule has 1 unspecified atom stereocenters. The van der Waals surface area contributed by atoms with Crippen molar-refractivity contribution in [3.8, 4) is 0 Å². The highest BCUT2D eigenvalue weighted by Crippen LogP contribution is 2.35. The predicted molar refractivity (Wildman–Crippen MR) is 81.6 cm³/mol. The number of hydrogen-bond acceptors (Lipinski definition) is 6. The molecule has 1 aromatic carbocycles. The van der Waals surface area contributed by atoms with Crippen LogP contribution >= 0.6 is 0 Å². The number of aliphatic hydroxyl groups excluding tert-OH is 1. The van der Waals surface area contributed by atoms with E-state index >= 15 is 0 Å². The lowest BCUT2D eigenvalue weighted by Crippen LogP contribution is -2.62. The van der Waals surface area contributed by atoms with Gasteiger partial charge in [0, 0.05) is 12.7 Å². The van der Waals surface area contributed by atoms with E-state index in [0.29, 0.717) is 13.2 Å². The lowest BCUT2D eigenvalue weighted by atomic mass is 9.97. The van der Waals surface area contributed by atoms with Crippen molar-refractivity contribution in [2.24, 2.45) is 0 Å². The highest BCUT2D eigenvalue weighted by molar-refractivity contribution is 5.16. The molecule has 1 aromatic rings. The third kappa shape index (κ3) is 3.47. The Morgan fingerprint density at radius 2 is 2.09 bits per heavy atom. The van der Waals surface area contributed by atoms with Crippen molar-refractivity contribution in [3.63, 3.8) is 0 Å². The van der Waals surface area contributed by atoms with Crippen molar-refractivity contribution in [1.82, 2.24) is 0 Å². The highest BCUT2D eigenvalue weighted by Gasteiger charge is 2.50. The van der Waals surface area contributed by atoms with E-state index in [-0.39, 0.29) is 6.10 Å². The summed E-state index contributed by atoms with van der Waals surface area (Å²) in [5.41, 5.74) is 0.914. The SMILES string of the molecule is C=CCO[C@@H]1[C@@H](O)[C@H](OC)O[C@@H]2COC(c3ccccc3)O[C@H]12. The van der Waals surface area contributed by atoms with Gasteiger partial charge in [0.1, 0.15) is 24.4 Å². The maximum absolute atomic E-state index is 10.4. The molecule has 0 spiro atoms. The number of benzene rings is 1. The molecule has 3 rings (SSSR count). The molecule has 6 nitrogen and oxygen atoms in total. The molecule has 0 aliphatic carbocycles. The lowest BCUT2D eigenvalue weighted by molar-refractivity contribution is -0.362. The zero-order chi connectivity index (χ0) is 16.2. The fourth-order valence-corrected chi connectivity index (χ4v) is 2.91. The van der Waals surface area contributed by atoms with E-state index in [9.17, 15) is 5.11 Å². The monoisotopic (exact) mass is 322 g/mol. The summed E-state index contributed by atoms with van der Waals surface area (Å²) in [6, 6.07) is 9.65. The van der Waals surface area contributed by atoms with Crippen molar-refractivity contribution in [1.29, 1.82) is 0 Å². The zero-order valence-electron chi connectivity index (χ0n) is 13.0. The Hall–Kier alpha value is -1.28. The van der Waals surface area contributed by atoms with Crippen LogP contribution in [0.3, 0.4) is 0 Å². The lowest BCUT2D eigenvalue weighted by Gasteiger charge is -2.47. The smallest absolute Gasteiger partial charge is 0.186 e. The zero-order valence-corrected chi connectivity index (χ0v) is 13.0. The predicted octanol–water partition coefficient (Wildman–Crippen LogP) is 1.40. The van der Waals surface area contributed by atoms with Gasteiger partial charge in [0.25, 0.3) is 0 Å². The fourth-order valence-electron chi connectivity index (χ4n) is 2.91. The molecule has 23 heavy (non-hydrogen) atoms. The molecule has 126 valence electrons. The maximum Gasteiger partial charge on any atom is 0.186 e. The summed E-state index contributed by atoms with van der Waals surface area (Å²) in [6.45, 7) is 4.29. The summed E-state index contributed by atoms with van der Waals surface area (Å²) < 4.78 is 28.4. The Labute approximate surface area is 135 Å². The molecule has 0 bridgehead atoms. The standard InChI is InChI=1S/C17H22O6/c1-3-9-20-15-13(18)17(19-2)22-12-10-21-16(23-14(12)15)11-7-5-4-6-8-11/h3-8,12-18H,1,9-10H2,2H3/t12-,13-,14+,15-,16?,17-/m1/s1. The fraction of sp³-hybridized carbons (Fsp3) is 0.529. The molecule has 2 aliphatic rings. The quantitative estimate of drug-likeness (QED) is 0.827. The maximum atomic E-state index is 10.4. The second-order valence-corrected chi connectivity index (χ2v) is 5.53. The van der Waals surface area contributed by atoms with Gasteiger partial charge in [0.15, 0.2) is 12.6 Å². The van der Waals surface area contributed by atoms with Gasteiger partial charge in [-0.2, -0.15) is 0 Å². The molecule has 0 aromatic heterocycles. The molecular weight excluding hydrogens is 300 g/mol. The first-order valence-corrected chi connectivity index (χ1v) is 7.65. The second-order valence-electron chi connectivity index (χ2n) is 5.53. The minimum Gasteiger partial charge on any atom is -0.385 e. The Bertz CT molecular complexity index is 507. The van der Waals surface area contributed by atoms with Crippen LogP contribution in [-0.4, -0.2) is 56.1 Å². The average molecular weight is 322 g/mol. The molecule has 0 saturated carbocycles. The highest BCUT2D eigenvalue weighted by atomic mass is 16.8. The molecule has 1 N–H and O–H groups in total. The molecule has 6 atom stereocenters. The summed E-state index contributed by atoms with van der Waals surface area (Å²) in [4.78, 5) is 0. The van der Waals surface area contributed by atoms with Crippen molar-refractivity contribution < 1.29 is 28.8 Å². The number of ether oxygens (including phenoxy) is 5. The number of aliphatic hydroxyl groups is 1. The molecule has 2 saturated heterocycles. The van der Waals surface area contributed by atoms with E-state index in [1.54, 1.807) is 6.08 Å². The minimum atomic E-state index is -0.948. The van der Waals surface area contributed by atoms with Gasteiger partial charge in [0.05, 0.1) is 13.2 Å². The largest absolute Gasteiger partial charge is 0.385 e. The molecule has 0 radical (unpaired) electrons. The third-order valence-corrected chi connectivity index (χ3v) is 4.02. The summed E-state index contributed by atoms with van der Waals surface area (Å²) in [5, 5.41) is 10.4. The van der Waals surface area contributed by atoms with Crippen molar-refractivity contribution in [3.05, 3.63) is 48.6 Å². The van der Waals surface area contributed by atoms with Gasteiger partial charge in [0.2, 0.25) is 0 Å². The van der Waals surface area contributed by atoms with Crippen LogP contribution in [0.15, 0.2) is 43.0 Å². The molecule has 2 heterocycles. The van der Waals surface area contributed by atoms with E-state index in [0.717, 1.165) is 5.56 Å². The summed E-state index contributed by atoms with van der Waals surface area (Å²) in [5.74, 6) is 0. The molecule has 2 fully saturated rings. The number of fused-ring (bicyclic) bond motifs is 1. The van der Waals surface area contributed by atoms with E-state index in [1.807, 2.05) is 30.3 Å². The van der Waals surface area contributed by atoms with E-state index < -0.39 is 30.9 Å². The third-order valence-electron chi connectivity index (χ3n) is 4.02.